The molecule has 32 heavy (non-hydrogen) atoms. The molecule has 2 aliphatic heterocycles. The number of thiophene rings is 1. The van der Waals surface area contributed by atoms with Crippen LogP contribution in [-0.4, -0.2) is 46.4 Å². The number of aliphatic hydroxyl groups is 1. The third-order valence-electron chi connectivity index (χ3n) is 5.92. The maximum Gasteiger partial charge on any atom is 0.261 e. The minimum atomic E-state index is -0.629. The Morgan fingerprint density at radius 2 is 1.91 bits per heavy atom. The van der Waals surface area contributed by atoms with Gasteiger partial charge in [-0.25, -0.2) is 0 Å². The molecule has 162 valence electrons. The number of amides is 3. The van der Waals surface area contributed by atoms with E-state index >= 15 is 0 Å². The zero-order chi connectivity index (χ0) is 22.2. The molecule has 8 heteroatoms. The van der Waals surface area contributed by atoms with Gasteiger partial charge in [-0.05, 0) is 46.7 Å². The van der Waals surface area contributed by atoms with Crippen LogP contribution in [-0.2, 0) is 11.4 Å². The lowest BCUT2D eigenvalue weighted by Crippen LogP contribution is -2.41. The van der Waals surface area contributed by atoms with E-state index in [1.807, 2.05) is 41.8 Å². The van der Waals surface area contributed by atoms with E-state index in [4.69, 9.17) is 0 Å². The van der Waals surface area contributed by atoms with Gasteiger partial charge in [0, 0.05) is 12.6 Å². The van der Waals surface area contributed by atoms with Crippen molar-refractivity contribution in [2.24, 2.45) is 0 Å². The zero-order valence-corrected chi connectivity index (χ0v) is 17.9. The van der Waals surface area contributed by atoms with Gasteiger partial charge in [0.1, 0.15) is 6.04 Å². The highest BCUT2D eigenvalue weighted by Gasteiger charge is 2.43. The number of aliphatic hydroxyl groups excluding tert-OH is 1. The van der Waals surface area contributed by atoms with Gasteiger partial charge >= 0.3 is 0 Å². The molecule has 2 atom stereocenters. The average molecular weight is 448 g/mol. The molecule has 0 aliphatic carbocycles. The first kappa shape index (κ1) is 20.4. The molecule has 0 radical (unpaired) electrons. The van der Waals surface area contributed by atoms with Crippen LogP contribution >= 0.6 is 11.3 Å². The lowest BCUT2D eigenvalue weighted by atomic mass is 10.00. The number of carbonyl (C=O) groups excluding carboxylic acids is 3. The first-order valence-electron chi connectivity index (χ1n) is 10.3. The number of fused-ring (bicyclic) bond motifs is 2. The third kappa shape index (κ3) is 3.68. The van der Waals surface area contributed by atoms with Gasteiger partial charge in [0.25, 0.3) is 11.8 Å². The van der Waals surface area contributed by atoms with Crippen LogP contribution in [0, 0.1) is 0 Å². The standard InChI is InChI=1S/C24H21N3O4S/c28-13-14-3-5-15(6-4-14)16-7-8-19-18(10-16)24(31)27-12-17(11-20(27)22(29)26-19)25-23(30)21-2-1-9-32-21/h1-10,17,20,28H,11-13H2,(H,25,30)(H,26,29). The maximum absolute atomic E-state index is 13.4. The average Bonchev–Trinajstić information content (AvgIpc) is 3.48. The van der Waals surface area contributed by atoms with E-state index in [1.165, 1.54) is 11.3 Å². The second-order valence-corrected chi connectivity index (χ2v) is 8.91. The monoisotopic (exact) mass is 447 g/mol. The van der Waals surface area contributed by atoms with E-state index < -0.39 is 6.04 Å². The van der Waals surface area contributed by atoms with Crippen LogP contribution in [0.4, 0.5) is 5.69 Å². The fraction of sp³-hybridized carbons (Fsp3) is 0.208. The summed E-state index contributed by atoms with van der Waals surface area (Å²) in [6.07, 6.45) is 0.373. The Balaban J connectivity index is 1.40. The lowest BCUT2D eigenvalue weighted by molar-refractivity contribution is -0.119. The van der Waals surface area contributed by atoms with Gasteiger partial charge < -0.3 is 20.6 Å². The summed E-state index contributed by atoms with van der Waals surface area (Å²) in [7, 11) is 0. The fourth-order valence-electron chi connectivity index (χ4n) is 4.26. The van der Waals surface area contributed by atoms with E-state index in [-0.39, 0.29) is 36.9 Å². The number of carbonyl (C=O) groups is 3. The number of hydrogen-bond acceptors (Lipinski definition) is 5. The molecule has 0 saturated carbocycles. The smallest absolute Gasteiger partial charge is 0.261 e. The largest absolute Gasteiger partial charge is 0.392 e. The zero-order valence-electron chi connectivity index (χ0n) is 17.1. The molecule has 3 N–H and O–H groups in total. The van der Waals surface area contributed by atoms with Crippen LogP contribution in [0.5, 0.6) is 0 Å². The second kappa shape index (κ2) is 8.22. The SMILES string of the molecule is O=C(NC1CC2C(=O)Nc3ccc(-c4ccc(CO)cc4)cc3C(=O)N2C1)c1cccs1. The highest BCUT2D eigenvalue weighted by molar-refractivity contribution is 7.12. The molecule has 1 aromatic heterocycles. The van der Waals surface area contributed by atoms with Gasteiger partial charge in [0.05, 0.1) is 22.7 Å². The predicted molar refractivity (Wildman–Crippen MR) is 121 cm³/mol. The van der Waals surface area contributed by atoms with Gasteiger partial charge in [-0.3, -0.25) is 14.4 Å². The van der Waals surface area contributed by atoms with E-state index in [0.29, 0.717) is 22.5 Å². The number of nitrogens with zero attached hydrogens (tertiary/aromatic N) is 1. The summed E-state index contributed by atoms with van der Waals surface area (Å²) in [5, 5.41) is 16.9. The van der Waals surface area contributed by atoms with Gasteiger partial charge in [-0.2, -0.15) is 0 Å². The number of rotatable bonds is 4. The van der Waals surface area contributed by atoms with Crippen LogP contribution in [0.15, 0.2) is 60.0 Å². The van der Waals surface area contributed by atoms with E-state index in [1.54, 1.807) is 23.1 Å². The Bertz CT molecular complexity index is 1190. The Labute approximate surface area is 188 Å². The van der Waals surface area contributed by atoms with Crippen LogP contribution in [0.2, 0.25) is 0 Å². The van der Waals surface area contributed by atoms with Gasteiger partial charge in [0.15, 0.2) is 0 Å². The van der Waals surface area contributed by atoms with Crippen molar-refractivity contribution in [3.8, 4) is 11.1 Å². The van der Waals surface area contributed by atoms with E-state index in [2.05, 4.69) is 10.6 Å². The molecule has 1 saturated heterocycles. The quantitative estimate of drug-likeness (QED) is 0.573. The highest BCUT2D eigenvalue weighted by Crippen LogP contribution is 2.32. The van der Waals surface area contributed by atoms with Crippen molar-refractivity contribution < 1.29 is 19.5 Å². The highest BCUT2D eigenvalue weighted by atomic mass is 32.1. The molecule has 2 unspecified atom stereocenters. The molecule has 2 aromatic carbocycles. The van der Waals surface area contributed by atoms with Crippen molar-refractivity contribution in [1.29, 1.82) is 0 Å². The summed E-state index contributed by atoms with van der Waals surface area (Å²) in [6, 6.07) is 15.5. The maximum atomic E-state index is 13.4. The Kier molecular flexibility index (Phi) is 5.24. The molecule has 1 fully saturated rings. The Morgan fingerprint density at radius 3 is 2.62 bits per heavy atom. The summed E-state index contributed by atoms with van der Waals surface area (Å²) < 4.78 is 0. The van der Waals surface area contributed by atoms with Gasteiger partial charge in [0.2, 0.25) is 5.91 Å². The summed E-state index contributed by atoms with van der Waals surface area (Å²) in [6.45, 7) is 0.248. The minimum absolute atomic E-state index is 0.0322. The molecule has 7 nitrogen and oxygen atoms in total. The summed E-state index contributed by atoms with van der Waals surface area (Å²) >= 11 is 1.35. The third-order valence-corrected chi connectivity index (χ3v) is 6.79. The number of nitrogens with one attached hydrogen (secondary N) is 2. The summed E-state index contributed by atoms with van der Waals surface area (Å²) in [5.41, 5.74) is 3.48. The van der Waals surface area contributed by atoms with Crippen molar-refractivity contribution in [1.82, 2.24) is 10.2 Å². The van der Waals surface area contributed by atoms with Gasteiger partial charge in [-0.15, -0.1) is 11.3 Å². The number of benzene rings is 2. The molecular weight excluding hydrogens is 426 g/mol. The molecule has 2 aliphatic rings. The minimum Gasteiger partial charge on any atom is -0.392 e. The van der Waals surface area contributed by atoms with Crippen LogP contribution in [0.1, 0.15) is 32.0 Å². The van der Waals surface area contributed by atoms with Crippen LogP contribution in [0.25, 0.3) is 11.1 Å². The first-order chi connectivity index (χ1) is 15.5. The molecule has 0 bridgehead atoms. The predicted octanol–water partition coefficient (Wildman–Crippen LogP) is 2.87. The summed E-state index contributed by atoms with van der Waals surface area (Å²) in [4.78, 5) is 40.8. The van der Waals surface area contributed by atoms with Crippen molar-refractivity contribution in [2.45, 2.75) is 25.1 Å². The molecule has 3 heterocycles. The van der Waals surface area contributed by atoms with E-state index in [9.17, 15) is 19.5 Å². The normalized spacial score (nSPS) is 19.7. The Morgan fingerprint density at radius 1 is 1.12 bits per heavy atom. The van der Waals surface area contributed by atoms with Crippen molar-refractivity contribution >= 4 is 34.7 Å². The van der Waals surface area contributed by atoms with E-state index in [0.717, 1.165) is 16.7 Å². The first-order valence-corrected chi connectivity index (χ1v) is 11.2. The second-order valence-electron chi connectivity index (χ2n) is 7.96. The van der Waals surface area contributed by atoms with Gasteiger partial charge in [-0.1, -0.05) is 36.4 Å². The molecule has 3 amide bonds. The van der Waals surface area contributed by atoms with Crippen molar-refractivity contribution in [3.05, 3.63) is 76.0 Å². The topological polar surface area (TPSA) is 98.7 Å². The molecule has 0 spiro atoms. The molecular formula is C24H21N3O4S. The Hall–Kier alpha value is -3.49. The summed E-state index contributed by atoms with van der Waals surface area (Å²) in [5.74, 6) is -0.667. The number of hydrogen-bond donors (Lipinski definition) is 3. The lowest BCUT2D eigenvalue weighted by Gasteiger charge is -2.20. The van der Waals surface area contributed by atoms with Crippen LogP contribution < -0.4 is 10.6 Å². The molecule has 5 rings (SSSR count). The van der Waals surface area contributed by atoms with Crippen molar-refractivity contribution in [3.63, 3.8) is 0 Å². The fourth-order valence-corrected chi connectivity index (χ4v) is 4.89. The molecule has 3 aromatic rings. The number of anilines is 1. The van der Waals surface area contributed by atoms with Crippen LogP contribution in [0.3, 0.4) is 0 Å². The van der Waals surface area contributed by atoms with Crippen molar-refractivity contribution in [2.75, 3.05) is 11.9 Å².